The van der Waals surface area contributed by atoms with Gasteiger partial charge in [0.2, 0.25) is 0 Å². The van der Waals surface area contributed by atoms with Crippen molar-refractivity contribution in [2.75, 3.05) is 5.32 Å². The predicted molar refractivity (Wildman–Crippen MR) is 84.9 cm³/mol. The van der Waals surface area contributed by atoms with Crippen molar-refractivity contribution in [2.45, 2.75) is 6.54 Å². The standard InChI is InChI=1S/C17H14N4O/c1-2-6-14(7-3-1)21-12-13(11-19-21)10-18-17-20-15-8-4-5-9-16(15)22-17/h1-9,11-12H,10H2,(H,18,20). The topological polar surface area (TPSA) is 55.9 Å². The molecule has 5 heteroatoms. The Morgan fingerprint density at radius 1 is 1.00 bits per heavy atom. The fraction of sp³-hybridized carbons (Fsp3) is 0.0588. The van der Waals surface area contributed by atoms with E-state index in [1.807, 2.05) is 71.7 Å². The van der Waals surface area contributed by atoms with Crippen molar-refractivity contribution < 1.29 is 4.42 Å². The van der Waals surface area contributed by atoms with Crippen LogP contribution in [-0.2, 0) is 6.54 Å². The number of nitrogens with one attached hydrogen (secondary N) is 1. The van der Waals surface area contributed by atoms with E-state index in [2.05, 4.69) is 15.4 Å². The molecule has 0 radical (unpaired) electrons. The lowest BCUT2D eigenvalue weighted by Crippen LogP contribution is -1.98. The largest absolute Gasteiger partial charge is 0.424 e. The minimum atomic E-state index is 0.522. The van der Waals surface area contributed by atoms with Crippen LogP contribution in [0.5, 0.6) is 0 Å². The number of fused-ring (bicyclic) bond motifs is 1. The molecule has 0 atom stereocenters. The Balaban J connectivity index is 1.49. The lowest BCUT2D eigenvalue weighted by molar-refractivity contribution is 0.614. The molecule has 4 aromatic rings. The third-order valence-electron chi connectivity index (χ3n) is 3.39. The zero-order valence-electron chi connectivity index (χ0n) is 11.8. The zero-order valence-corrected chi connectivity index (χ0v) is 11.8. The lowest BCUT2D eigenvalue weighted by Gasteiger charge is -2.00. The number of rotatable bonds is 4. The minimum Gasteiger partial charge on any atom is -0.424 e. The van der Waals surface area contributed by atoms with Gasteiger partial charge >= 0.3 is 0 Å². The maximum absolute atomic E-state index is 5.63. The van der Waals surface area contributed by atoms with Crippen molar-refractivity contribution in [2.24, 2.45) is 0 Å². The molecule has 1 N–H and O–H groups in total. The number of benzene rings is 2. The van der Waals surface area contributed by atoms with Gasteiger partial charge in [0.25, 0.3) is 6.01 Å². The van der Waals surface area contributed by atoms with Gasteiger partial charge in [-0.1, -0.05) is 30.3 Å². The summed E-state index contributed by atoms with van der Waals surface area (Å²) in [6, 6.07) is 18.2. The molecule has 5 nitrogen and oxygen atoms in total. The van der Waals surface area contributed by atoms with Gasteiger partial charge in [0.15, 0.2) is 5.58 Å². The van der Waals surface area contributed by atoms with Gasteiger partial charge in [0, 0.05) is 18.3 Å². The molecule has 0 aliphatic carbocycles. The molecule has 0 saturated heterocycles. The second-order valence-corrected chi connectivity index (χ2v) is 4.97. The van der Waals surface area contributed by atoms with E-state index in [0.717, 1.165) is 22.4 Å². The number of oxazole rings is 1. The second kappa shape index (κ2) is 5.37. The Morgan fingerprint density at radius 2 is 1.82 bits per heavy atom. The minimum absolute atomic E-state index is 0.522. The normalized spacial score (nSPS) is 10.9. The monoisotopic (exact) mass is 290 g/mol. The quantitative estimate of drug-likeness (QED) is 0.623. The Bertz CT molecular complexity index is 862. The molecule has 0 unspecified atom stereocenters. The maximum atomic E-state index is 5.63. The number of aromatic nitrogens is 3. The Hall–Kier alpha value is -3.08. The molecule has 0 saturated carbocycles. The molecule has 4 rings (SSSR count). The van der Waals surface area contributed by atoms with Gasteiger partial charge in [-0.05, 0) is 24.3 Å². The van der Waals surface area contributed by atoms with E-state index in [9.17, 15) is 0 Å². The summed E-state index contributed by atoms with van der Waals surface area (Å²) in [4.78, 5) is 4.39. The van der Waals surface area contributed by atoms with E-state index in [1.54, 1.807) is 0 Å². The fourth-order valence-corrected chi connectivity index (χ4v) is 2.30. The number of hydrogen-bond acceptors (Lipinski definition) is 4. The van der Waals surface area contributed by atoms with Crippen LogP contribution in [-0.4, -0.2) is 14.8 Å². The summed E-state index contributed by atoms with van der Waals surface area (Å²) in [5.74, 6) is 0. The van der Waals surface area contributed by atoms with Gasteiger partial charge in [0.1, 0.15) is 5.52 Å². The molecule has 0 bridgehead atoms. The van der Waals surface area contributed by atoms with Gasteiger partial charge < -0.3 is 9.73 Å². The van der Waals surface area contributed by atoms with Crippen molar-refractivity contribution in [1.82, 2.24) is 14.8 Å². The summed E-state index contributed by atoms with van der Waals surface area (Å²) in [7, 11) is 0. The highest BCUT2D eigenvalue weighted by atomic mass is 16.4. The molecule has 2 aromatic carbocycles. The first-order valence-corrected chi connectivity index (χ1v) is 7.07. The van der Waals surface area contributed by atoms with Crippen molar-refractivity contribution in [3.8, 4) is 5.69 Å². The molecular weight excluding hydrogens is 276 g/mol. The van der Waals surface area contributed by atoms with E-state index >= 15 is 0 Å². The Kier molecular flexibility index (Phi) is 3.08. The number of para-hydroxylation sites is 3. The fourth-order valence-electron chi connectivity index (χ4n) is 2.30. The van der Waals surface area contributed by atoms with Gasteiger partial charge in [0.05, 0.1) is 11.9 Å². The Labute approximate surface area is 127 Å². The van der Waals surface area contributed by atoms with Crippen LogP contribution in [0.2, 0.25) is 0 Å². The summed E-state index contributed by atoms with van der Waals surface area (Å²) in [6.45, 7) is 0.611. The predicted octanol–water partition coefficient (Wildman–Crippen LogP) is 3.63. The van der Waals surface area contributed by atoms with E-state index in [1.165, 1.54) is 0 Å². The van der Waals surface area contributed by atoms with Gasteiger partial charge in [-0.3, -0.25) is 0 Å². The molecule has 0 aliphatic heterocycles. The molecule has 0 spiro atoms. The molecule has 108 valence electrons. The number of hydrogen-bond donors (Lipinski definition) is 1. The smallest absolute Gasteiger partial charge is 0.295 e. The summed E-state index contributed by atoms with van der Waals surface area (Å²) in [5, 5.41) is 7.55. The molecule has 2 aromatic heterocycles. The highest BCUT2D eigenvalue weighted by Gasteiger charge is 2.05. The van der Waals surface area contributed by atoms with E-state index in [-0.39, 0.29) is 0 Å². The first kappa shape index (κ1) is 12.6. The molecule has 0 aliphatic rings. The van der Waals surface area contributed by atoms with Crippen molar-refractivity contribution in [3.05, 3.63) is 72.6 Å². The van der Waals surface area contributed by atoms with Crippen LogP contribution in [0.1, 0.15) is 5.56 Å². The summed E-state index contributed by atoms with van der Waals surface area (Å²) >= 11 is 0. The van der Waals surface area contributed by atoms with E-state index in [0.29, 0.717) is 12.6 Å². The van der Waals surface area contributed by atoms with Crippen LogP contribution in [0.15, 0.2) is 71.4 Å². The first-order valence-electron chi connectivity index (χ1n) is 7.07. The molecule has 2 heterocycles. The lowest BCUT2D eigenvalue weighted by atomic mass is 10.3. The van der Waals surface area contributed by atoms with Crippen LogP contribution in [0.3, 0.4) is 0 Å². The van der Waals surface area contributed by atoms with Crippen LogP contribution < -0.4 is 5.32 Å². The summed E-state index contributed by atoms with van der Waals surface area (Å²) in [5.41, 5.74) is 3.73. The van der Waals surface area contributed by atoms with Crippen LogP contribution in [0.4, 0.5) is 6.01 Å². The van der Waals surface area contributed by atoms with Crippen molar-refractivity contribution >= 4 is 17.1 Å². The SMILES string of the molecule is c1ccc(-n2cc(CNc3nc4ccccc4o3)cn2)cc1. The molecular formula is C17H14N4O. The van der Waals surface area contributed by atoms with Crippen LogP contribution in [0, 0.1) is 0 Å². The first-order chi connectivity index (χ1) is 10.9. The van der Waals surface area contributed by atoms with Crippen LogP contribution in [0.25, 0.3) is 16.8 Å². The number of nitrogens with zero attached hydrogens (tertiary/aromatic N) is 3. The third-order valence-corrected chi connectivity index (χ3v) is 3.39. The molecule has 0 fully saturated rings. The zero-order chi connectivity index (χ0) is 14.8. The van der Waals surface area contributed by atoms with Crippen molar-refractivity contribution in [3.63, 3.8) is 0 Å². The highest BCUT2D eigenvalue weighted by molar-refractivity contribution is 5.74. The second-order valence-electron chi connectivity index (χ2n) is 4.97. The summed E-state index contributed by atoms with van der Waals surface area (Å²) < 4.78 is 7.48. The third kappa shape index (κ3) is 2.44. The molecule has 22 heavy (non-hydrogen) atoms. The Morgan fingerprint density at radius 3 is 2.68 bits per heavy atom. The average molecular weight is 290 g/mol. The summed E-state index contributed by atoms with van der Waals surface area (Å²) in [6.07, 6.45) is 3.83. The number of anilines is 1. The van der Waals surface area contributed by atoms with Crippen molar-refractivity contribution in [1.29, 1.82) is 0 Å². The van der Waals surface area contributed by atoms with Gasteiger partial charge in [-0.2, -0.15) is 10.1 Å². The highest BCUT2D eigenvalue weighted by Crippen LogP contribution is 2.18. The van der Waals surface area contributed by atoms with Gasteiger partial charge in [-0.25, -0.2) is 4.68 Å². The molecule has 0 amide bonds. The maximum Gasteiger partial charge on any atom is 0.295 e. The average Bonchev–Trinajstić information content (AvgIpc) is 3.20. The van der Waals surface area contributed by atoms with Gasteiger partial charge in [-0.15, -0.1) is 0 Å². The van der Waals surface area contributed by atoms with E-state index < -0.39 is 0 Å². The van der Waals surface area contributed by atoms with Crippen LogP contribution >= 0.6 is 0 Å². The van der Waals surface area contributed by atoms with E-state index in [4.69, 9.17) is 4.42 Å².